The summed E-state index contributed by atoms with van der Waals surface area (Å²) in [6.45, 7) is 4.41. The van der Waals surface area contributed by atoms with E-state index in [1.165, 1.54) is 11.3 Å². The van der Waals surface area contributed by atoms with E-state index in [2.05, 4.69) is 5.10 Å². The van der Waals surface area contributed by atoms with Crippen LogP contribution >= 0.6 is 22.9 Å². The highest BCUT2D eigenvalue weighted by atomic mass is 35.5. The largest absolute Gasteiger partial charge is 0.341 e. The maximum absolute atomic E-state index is 12.5. The Kier molecular flexibility index (Phi) is 6.31. The Labute approximate surface area is 173 Å². The molecule has 7 heteroatoms. The number of aromatic nitrogens is 2. The Morgan fingerprint density at radius 2 is 1.82 bits per heavy atom. The van der Waals surface area contributed by atoms with E-state index in [1.54, 1.807) is 24.1 Å². The third-order valence-electron chi connectivity index (χ3n) is 4.68. The van der Waals surface area contributed by atoms with Gasteiger partial charge in [0.1, 0.15) is 0 Å². The van der Waals surface area contributed by atoms with E-state index in [1.807, 2.05) is 48.9 Å². The first-order chi connectivity index (χ1) is 13.4. The first-order valence-electron chi connectivity index (χ1n) is 9.00. The van der Waals surface area contributed by atoms with Crippen molar-refractivity contribution in [1.82, 2.24) is 14.7 Å². The van der Waals surface area contributed by atoms with E-state index < -0.39 is 0 Å². The first kappa shape index (κ1) is 20.3. The highest BCUT2D eigenvalue weighted by Gasteiger charge is 2.18. The molecule has 0 aliphatic rings. The summed E-state index contributed by atoms with van der Waals surface area (Å²) < 4.78 is 2.47. The molecule has 1 aromatic carbocycles. The van der Waals surface area contributed by atoms with Gasteiger partial charge in [-0.05, 0) is 38.1 Å². The highest BCUT2D eigenvalue weighted by molar-refractivity contribution is 7.18. The number of nitrogens with zero attached hydrogens (tertiary/aromatic N) is 3. The van der Waals surface area contributed by atoms with Crippen molar-refractivity contribution in [2.24, 2.45) is 0 Å². The zero-order valence-corrected chi connectivity index (χ0v) is 17.7. The Balaban J connectivity index is 1.64. The topological polar surface area (TPSA) is 55.2 Å². The van der Waals surface area contributed by atoms with Crippen molar-refractivity contribution in [2.45, 2.75) is 33.2 Å². The number of aryl methyl sites for hydroxylation is 1. The van der Waals surface area contributed by atoms with Crippen molar-refractivity contribution in [1.29, 1.82) is 0 Å². The molecule has 0 radical (unpaired) electrons. The van der Waals surface area contributed by atoms with Crippen molar-refractivity contribution < 1.29 is 9.59 Å². The van der Waals surface area contributed by atoms with Gasteiger partial charge < -0.3 is 4.90 Å². The van der Waals surface area contributed by atoms with Crippen LogP contribution in [0.3, 0.4) is 0 Å². The molecule has 0 atom stereocenters. The third kappa shape index (κ3) is 4.51. The van der Waals surface area contributed by atoms with Gasteiger partial charge in [-0.25, -0.2) is 4.68 Å². The fourth-order valence-electron chi connectivity index (χ4n) is 3.05. The lowest BCUT2D eigenvalue weighted by molar-refractivity contribution is -0.130. The van der Waals surface area contributed by atoms with E-state index in [4.69, 9.17) is 11.6 Å². The van der Waals surface area contributed by atoms with Crippen molar-refractivity contribution >= 4 is 34.6 Å². The molecule has 0 saturated carbocycles. The van der Waals surface area contributed by atoms with Crippen LogP contribution in [0.4, 0.5) is 0 Å². The standard InChI is InChI=1S/C21H22ClN3O2S/c1-14-17(15(2)25(23-14)16-7-5-4-6-8-16)13-24(3)21(27)12-9-18(26)19-10-11-20(22)28-19/h4-8,10-11H,9,12-13H2,1-3H3. The minimum Gasteiger partial charge on any atom is -0.341 e. The van der Waals surface area contributed by atoms with Crippen LogP contribution < -0.4 is 0 Å². The van der Waals surface area contributed by atoms with Gasteiger partial charge in [0.15, 0.2) is 5.78 Å². The average molecular weight is 416 g/mol. The molecule has 0 aliphatic carbocycles. The number of hydrogen-bond acceptors (Lipinski definition) is 4. The second-order valence-electron chi connectivity index (χ2n) is 6.67. The number of ketones is 1. The summed E-state index contributed by atoms with van der Waals surface area (Å²) in [5, 5.41) is 4.62. The van der Waals surface area contributed by atoms with Crippen LogP contribution in [0.15, 0.2) is 42.5 Å². The van der Waals surface area contributed by atoms with Crippen LogP contribution in [0, 0.1) is 13.8 Å². The molecular formula is C21H22ClN3O2S. The highest BCUT2D eigenvalue weighted by Crippen LogP contribution is 2.23. The zero-order chi connectivity index (χ0) is 20.3. The number of carbonyl (C=O) groups is 2. The van der Waals surface area contributed by atoms with Crippen LogP contribution in [0.5, 0.6) is 0 Å². The molecule has 2 heterocycles. The minimum absolute atomic E-state index is 0.0529. The van der Waals surface area contributed by atoms with E-state index >= 15 is 0 Å². The monoisotopic (exact) mass is 415 g/mol. The minimum atomic E-state index is -0.0673. The molecule has 0 bridgehead atoms. The van der Waals surface area contributed by atoms with Crippen molar-refractivity contribution in [3.05, 3.63) is 68.6 Å². The molecule has 0 saturated heterocycles. The number of carbonyl (C=O) groups excluding carboxylic acids is 2. The van der Waals surface area contributed by atoms with Crippen molar-refractivity contribution in [3.63, 3.8) is 0 Å². The number of thiophene rings is 1. The molecule has 0 aliphatic heterocycles. The predicted octanol–water partition coefficient (Wildman–Crippen LogP) is 4.83. The lowest BCUT2D eigenvalue weighted by atomic mass is 10.1. The van der Waals surface area contributed by atoms with E-state index in [9.17, 15) is 9.59 Å². The Hall–Kier alpha value is -2.44. The lowest BCUT2D eigenvalue weighted by Crippen LogP contribution is -2.27. The Bertz CT molecular complexity index is 995. The summed E-state index contributed by atoms with van der Waals surface area (Å²) in [5.41, 5.74) is 3.91. The molecule has 0 N–H and O–H groups in total. The number of amides is 1. The van der Waals surface area contributed by atoms with Crippen LogP contribution in [0.2, 0.25) is 4.34 Å². The fourth-order valence-corrected chi connectivity index (χ4v) is 4.06. The predicted molar refractivity (Wildman–Crippen MR) is 112 cm³/mol. The molecule has 2 aromatic heterocycles. The molecule has 28 heavy (non-hydrogen) atoms. The molecule has 0 unspecified atom stereocenters. The van der Waals surface area contributed by atoms with Gasteiger partial charge in [-0.1, -0.05) is 29.8 Å². The molecule has 3 aromatic rings. The molecule has 3 rings (SSSR count). The van der Waals surface area contributed by atoms with Gasteiger partial charge >= 0.3 is 0 Å². The summed E-state index contributed by atoms with van der Waals surface area (Å²) >= 11 is 7.11. The van der Waals surface area contributed by atoms with E-state index in [0.29, 0.717) is 15.8 Å². The number of hydrogen-bond donors (Lipinski definition) is 0. The molecule has 0 fully saturated rings. The SMILES string of the molecule is Cc1nn(-c2ccccc2)c(C)c1CN(C)C(=O)CCC(=O)c1ccc(Cl)s1. The van der Waals surface area contributed by atoms with Crippen LogP contribution in [0.1, 0.15) is 39.5 Å². The Morgan fingerprint density at radius 1 is 1.11 bits per heavy atom. The molecule has 5 nitrogen and oxygen atoms in total. The van der Waals surface area contributed by atoms with Crippen molar-refractivity contribution in [3.8, 4) is 5.69 Å². The van der Waals surface area contributed by atoms with Gasteiger partial charge in [0.05, 0.1) is 20.6 Å². The fraction of sp³-hybridized carbons (Fsp3) is 0.286. The maximum Gasteiger partial charge on any atom is 0.223 e. The quantitative estimate of drug-likeness (QED) is 0.519. The smallest absolute Gasteiger partial charge is 0.223 e. The van der Waals surface area contributed by atoms with Crippen LogP contribution in [-0.2, 0) is 11.3 Å². The van der Waals surface area contributed by atoms with Crippen molar-refractivity contribution in [2.75, 3.05) is 7.05 Å². The summed E-state index contributed by atoms with van der Waals surface area (Å²) in [4.78, 5) is 26.9. The van der Waals surface area contributed by atoms with E-state index in [0.717, 1.165) is 22.6 Å². The normalized spacial score (nSPS) is 10.9. The summed E-state index contributed by atoms with van der Waals surface area (Å²) in [5.74, 6) is -0.120. The summed E-state index contributed by atoms with van der Waals surface area (Å²) in [6.07, 6.45) is 0.358. The molecule has 0 spiro atoms. The number of Topliss-reactive ketones (excluding diaryl/α,β-unsaturated/α-hetero) is 1. The summed E-state index contributed by atoms with van der Waals surface area (Å²) in [7, 11) is 1.76. The zero-order valence-electron chi connectivity index (χ0n) is 16.1. The van der Waals surface area contributed by atoms with Gasteiger partial charge in [-0.3, -0.25) is 9.59 Å². The van der Waals surface area contributed by atoms with Crippen LogP contribution in [-0.4, -0.2) is 33.4 Å². The van der Waals surface area contributed by atoms with Gasteiger partial charge in [0.2, 0.25) is 5.91 Å². The van der Waals surface area contributed by atoms with Crippen LogP contribution in [0.25, 0.3) is 5.69 Å². The van der Waals surface area contributed by atoms with Gasteiger partial charge in [0, 0.05) is 37.7 Å². The number of para-hydroxylation sites is 1. The lowest BCUT2D eigenvalue weighted by Gasteiger charge is -2.17. The third-order valence-corrected chi connectivity index (χ3v) is 5.95. The number of halogens is 1. The summed E-state index contributed by atoms with van der Waals surface area (Å²) in [6, 6.07) is 13.3. The molecule has 1 amide bonds. The van der Waals surface area contributed by atoms with Gasteiger partial charge in [-0.2, -0.15) is 5.10 Å². The number of rotatable bonds is 7. The second-order valence-corrected chi connectivity index (χ2v) is 8.39. The first-order valence-corrected chi connectivity index (χ1v) is 10.2. The average Bonchev–Trinajstić information content (AvgIpc) is 3.25. The van der Waals surface area contributed by atoms with E-state index in [-0.39, 0.29) is 24.5 Å². The van der Waals surface area contributed by atoms with Gasteiger partial charge in [0.25, 0.3) is 0 Å². The molecule has 146 valence electrons. The van der Waals surface area contributed by atoms with Gasteiger partial charge in [-0.15, -0.1) is 11.3 Å². The Morgan fingerprint density at radius 3 is 2.46 bits per heavy atom. The second kappa shape index (κ2) is 8.71. The maximum atomic E-state index is 12.5. The number of benzene rings is 1. The molecular weight excluding hydrogens is 394 g/mol.